The lowest BCUT2D eigenvalue weighted by molar-refractivity contribution is -0.116. The van der Waals surface area contributed by atoms with Crippen molar-refractivity contribution in [2.24, 2.45) is 0 Å². The highest BCUT2D eigenvalue weighted by Gasteiger charge is 2.18. The van der Waals surface area contributed by atoms with Gasteiger partial charge in [-0.15, -0.1) is 0 Å². The lowest BCUT2D eigenvalue weighted by Crippen LogP contribution is -2.17. The van der Waals surface area contributed by atoms with Crippen molar-refractivity contribution >= 4 is 17.6 Å². The van der Waals surface area contributed by atoms with Crippen LogP contribution in [0.4, 0.5) is 5.69 Å². The first-order valence-electron chi connectivity index (χ1n) is 9.55. The van der Waals surface area contributed by atoms with Gasteiger partial charge in [0.2, 0.25) is 5.91 Å². The number of amides is 1. The Balaban J connectivity index is 2.14. The number of anilines is 1. The summed E-state index contributed by atoms with van der Waals surface area (Å²) in [6, 6.07) is 8.71. The van der Waals surface area contributed by atoms with Gasteiger partial charge in [-0.2, -0.15) is 0 Å². The summed E-state index contributed by atoms with van der Waals surface area (Å²) in [7, 11) is 2.84. The summed E-state index contributed by atoms with van der Waals surface area (Å²) in [5.74, 6) is -0.0171. The predicted octanol–water partition coefficient (Wildman–Crippen LogP) is 4.57. The first kappa shape index (κ1) is 21.4. The van der Waals surface area contributed by atoms with E-state index in [2.05, 4.69) is 17.2 Å². The second kappa shape index (κ2) is 11.1. The summed E-state index contributed by atoms with van der Waals surface area (Å²) < 4.78 is 10.1. The molecular formula is C22H28N2O4. The zero-order valence-electron chi connectivity index (χ0n) is 16.7. The van der Waals surface area contributed by atoms with Crippen LogP contribution in [0.2, 0.25) is 0 Å². The van der Waals surface area contributed by atoms with Gasteiger partial charge in [0.1, 0.15) is 5.75 Å². The topological polar surface area (TPSA) is 77.5 Å². The van der Waals surface area contributed by atoms with E-state index in [4.69, 9.17) is 9.47 Å². The number of benzene rings is 1. The highest BCUT2D eigenvalue weighted by molar-refractivity contribution is 5.96. The number of carbonyl (C=O) groups excluding carboxylic acids is 2. The van der Waals surface area contributed by atoms with Crippen molar-refractivity contribution in [3.8, 4) is 5.75 Å². The molecular weight excluding hydrogens is 356 g/mol. The number of pyridine rings is 1. The summed E-state index contributed by atoms with van der Waals surface area (Å²) >= 11 is 0. The smallest absolute Gasteiger partial charge is 0.337 e. The van der Waals surface area contributed by atoms with E-state index in [1.54, 1.807) is 24.4 Å². The molecule has 0 spiro atoms. The zero-order chi connectivity index (χ0) is 20.4. The lowest BCUT2D eigenvalue weighted by atomic mass is 9.91. The molecule has 1 aromatic carbocycles. The van der Waals surface area contributed by atoms with Crippen LogP contribution in [0.25, 0.3) is 0 Å². The number of esters is 1. The van der Waals surface area contributed by atoms with E-state index >= 15 is 0 Å². The molecule has 1 aromatic heterocycles. The fourth-order valence-electron chi connectivity index (χ4n) is 3.12. The van der Waals surface area contributed by atoms with E-state index in [9.17, 15) is 9.59 Å². The molecule has 1 atom stereocenters. The Morgan fingerprint density at radius 3 is 2.64 bits per heavy atom. The van der Waals surface area contributed by atoms with E-state index in [0.717, 1.165) is 31.2 Å². The zero-order valence-corrected chi connectivity index (χ0v) is 16.7. The normalized spacial score (nSPS) is 11.5. The molecule has 0 radical (unpaired) electrons. The number of unbranched alkanes of at least 4 members (excludes halogenated alkanes) is 2. The number of methoxy groups -OCH3 is 2. The number of nitrogens with one attached hydrogen (secondary N) is 1. The molecule has 1 N–H and O–H groups in total. The second-order valence-electron chi connectivity index (χ2n) is 6.64. The molecule has 0 aliphatic heterocycles. The maximum Gasteiger partial charge on any atom is 0.337 e. The highest BCUT2D eigenvalue weighted by atomic mass is 16.5. The molecule has 0 bridgehead atoms. The molecule has 28 heavy (non-hydrogen) atoms. The molecule has 2 rings (SSSR count). The van der Waals surface area contributed by atoms with Crippen molar-refractivity contribution < 1.29 is 19.1 Å². The molecule has 6 heteroatoms. The van der Waals surface area contributed by atoms with Gasteiger partial charge >= 0.3 is 5.97 Å². The van der Waals surface area contributed by atoms with Gasteiger partial charge in [0.25, 0.3) is 0 Å². The minimum atomic E-state index is -0.467. The molecule has 0 saturated heterocycles. The number of carbonyl (C=O) groups is 2. The first-order valence-corrected chi connectivity index (χ1v) is 9.55. The Kier molecular flexibility index (Phi) is 8.46. The Morgan fingerprint density at radius 1 is 1.18 bits per heavy atom. The van der Waals surface area contributed by atoms with Gasteiger partial charge in [-0.3, -0.25) is 9.78 Å². The molecule has 0 saturated carbocycles. The largest absolute Gasteiger partial charge is 0.495 e. The van der Waals surface area contributed by atoms with Crippen LogP contribution in [0, 0.1) is 0 Å². The fraction of sp³-hybridized carbons (Fsp3) is 0.409. The maximum atomic E-state index is 12.7. The SMILES string of the molecule is CCCCCC(CC(=O)Nc1cc(C(=O)OC)ccc1OC)c1cccnc1. The third kappa shape index (κ3) is 6.08. The van der Waals surface area contributed by atoms with Gasteiger partial charge in [-0.1, -0.05) is 32.3 Å². The van der Waals surface area contributed by atoms with Crippen LogP contribution in [0.5, 0.6) is 5.75 Å². The molecule has 6 nitrogen and oxygen atoms in total. The van der Waals surface area contributed by atoms with Crippen LogP contribution in [-0.4, -0.2) is 31.1 Å². The summed E-state index contributed by atoms with van der Waals surface area (Å²) in [6.45, 7) is 2.16. The van der Waals surface area contributed by atoms with Crippen LogP contribution >= 0.6 is 0 Å². The van der Waals surface area contributed by atoms with E-state index in [-0.39, 0.29) is 11.8 Å². The number of hydrogen-bond donors (Lipinski definition) is 1. The summed E-state index contributed by atoms with van der Waals surface area (Å²) in [6.07, 6.45) is 8.13. The van der Waals surface area contributed by atoms with E-state index < -0.39 is 5.97 Å². The van der Waals surface area contributed by atoms with Gasteiger partial charge < -0.3 is 14.8 Å². The quantitative estimate of drug-likeness (QED) is 0.480. The maximum absolute atomic E-state index is 12.7. The third-order valence-corrected chi connectivity index (χ3v) is 4.64. The average molecular weight is 384 g/mol. The van der Waals surface area contributed by atoms with Crippen molar-refractivity contribution in [3.63, 3.8) is 0 Å². The number of nitrogens with zero attached hydrogens (tertiary/aromatic N) is 1. The van der Waals surface area contributed by atoms with E-state index in [1.807, 2.05) is 18.3 Å². The first-order chi connectivity index (χ1) is 13.6. The van der Waals surface area contributed by atoms with Crippen molar-refractivity contribution in [2.45, 2.75) is 44.9 Å². The Labute approximate surface area is 166 Å². The van der Waals surface area contributed by atoms with Crippen LogP contribution in [0.15, 0.2) is 42.7 Å². The van der Waals surface area contributed by atoms with Gasteiger partial charge in [-0.05, 0) is 42.2 Å². The molecule has 1 unspecified atom stereocenters. The highest BCUT2D eigenvalue weighted by Crippen LogP contribution is 2.29. The standard InChI is InChI=1S/C22H28N2O4/c1-4-5-6-8-16(18-9-7-12-23-15-18)14-21(25)24-19-13-17(22(26)28-3)10-11-20(19)27-2/h7,9-13,15-16H,4-6,8,14H2,1-3H3,(H,24,25). The number of rotatable bonds is 10. The summed E-state index contributed by atoms with van der Waals surface area (Å²) in [4.78, 5) is 28.7. The predicted molar refractivity (Wildman–Crippen MR) is 109 cm³/mol. The fourth-order valence-corrected chi connectivity index (χ4v) is 3.12. The molecule has 1 amide bonds. The summed E-state index contributed by atoms with van der Waals surface area (Å²) in [5.41, 5.74) is 1.86. The van der Waals surface area contributed by atoms with Crippen LogP contribution in [-0.2, 0) is 9.53 Å². The van der Waals surface area contributed by atoms with Gasteiger partial charge in [0, 0.05) is 18.8 Å². The average Bonchev–Trinajstić information content (AvgIpc) is 2.73. The molecule has 0 fully saturated rings. The Bertz CT molecular complexity index is 777. The van der Waals surface area contributed by atoms with Crippen LogP contribution < -0.4 is 10.1 Å². The van der Waals surface area contributed by atoms with Gasteiger partial charge in [0.05, 0.1) is 25.5 Å². The van der Waals surface area contributed by atoms with Crippen molar-refractivity contribution in [3.05, 3.63) is 53.9 Å². The summed E-state index contributed by atoms with van der Waals surface area (Å²) in [5, 5.41) is 2.88. The van der Waals surface area contributed by atoms with Crippen LogP contribution in [0.1, 0.15) is 60.9 Å². The van der Waals surface area contributed by atoms with Crippen molar-refractivity contribution in [2.75, 3.05) is 19.5 Å². The molecule has 0 aliphatic rings. The Hall–Kier alpha value is -2.89. The van der Waals surface area contributed by atoms with Crippen molar-refractivity contribution in [1.29, 1.82) is 0 Å². The third-order valence-electron chi connectivity index (χ3n) is 4.64. The van der Waals surface area contributed by atoms with Crippen LogP contribution in [0.3, 0.4) is 0 Å². The van der Waals surface area contributed by atoms with E-state index in [0.29, 0.717) is 23.4 Å². The second-order valence-corrected chi connectivity index (χ2v) is 6.64. The minimum Gasteiger partial charge on any atom is -0.495 e. The van der Waals surface area contributed by atoms with E-state index in [1.165, 1.54) is 14.2 Å². The monoisotopic (exact) mass is 384 g/mol. The molecule has 1 heterocycles. The van der Waals surface area contributed by atoms with Gasteiger partial charge in [0.15, 0.2) is 0 Å². The van der Waals surface area contributed by atoms with Crippen molar-refractivity contribution in [1.82, 2.24) is 4.98 Å². The molecule has 0 aliphatic carbocycles. The molecule has 2 aromatic rings. The number of hydrogen-bond acceptors (Lipinski definition) is 5. The number of aromatic nitrogens is 1. The lowest BCUT2D eigenvalue weighted by Gasteiger charge is -2.18. The molecule has 150 valence electrons. The Morgan fingerprint density at radius 2 is 2.00 bits per heavy atom. The number of ether oxygens (including phenoxy) is 2. The minimum absolute atomic E-state index is 0.0926. The van der Waals surface area contributed by atoms with Gasteiger partial charge in [-0.25, -0.2) is 4.79 Å².